The number of unbranched alkanes of at least 4 members (excludes halogenated alkanes) is 9. The van der Waals surface area contributed by atoms with Crippen LogP contribution in [0.4, 0.5) is 0 Å². The summed E-state index contributed by atoms with van der Waals surface area (Å²) in [7, 11) is -3.87. The summed E-state index contributed by atoms with van der Waals surface area (Å²) >= 11 is 0. The van der Waals surface area contributed by atoms with E-state index in [9.17, 15) is 13.2 Å². The first kappa shape index (κ1) is 21.4. The van der Waals surface area contributed by atoms with Gasteiger partial charge in [0.15, 0.2) is 0 Å². The van der Waals surface area contributed by atoms with Crippen LogP contribution in [0.1, 0.15) is 84.0 Å². The molecule has 0 aliphatic rings. The molecule has 0 heterocycles. The van der Waals surface area contributed by atoms with Crippen molar-refractivity contribution in [3.05, 3.63) is 0 Å². The second-order valence-corrected chi connectivity index (χ2v) is 7.49. The zero-order valence-electron chi connectivity index (χ0n) is 14.0. The maximum atomic E-state index is 11.5. The van der Waals surface area contributed by atoms with Gasteiger partial charge in [0, 0.05) is 13.0 Å². The summed E-state index contributed by atoms with van der Waals surface area (Å²) < 4.78 is 29.6. The van der Waals surface area contributed by atoms with Crippen LogP contribution in [0, 0.1) is 0 Å². The molecule has 0 saturated heterocycles. The van der Waals surface area contributed by atoms with Gasteiger partial charge in [-0.25, -0.2) is 0 Å². The smallest absolute Gasteiger partial charge is 0.264 e. The minimum Gasteiger partial charge on any atom is -0.356 e. The van der Waals surface area contributed by atoms with Crippen molar-refractivity contribution in [1.29, 1.82) is 0 Å². The van der Waals surface area contributed by atoms with Gasteiger partial charge in [-0.05, 0) is 19.3 Å². The predicted octanol–water partition coefficient (Wildman–Crippen LogP) is 3.69. The fourth-order valence-electron chi connectivity index (χ4n) is 2.32. The van der Waals surface area contributed by atoms with E-state index in [1.54, 1.807) is 0 Å². The van der Waals surface area contributed by atoms with Crippen LogP contribution in [0.3, 0.4) is 0 Å². The Hall–Kier alpha value is -0.620. The van der Waals surface area contributed by atoms with Crippen molar-refractivity contribution in [2.45, 2.75) is 84.0 Å². The zero-order chi connectivity index (χ0) is 16.7. The molecule has 22 heavy (non-hydrogen) atoms. The minimum absolute atomic E-state index is 0.0369. The highest BCUT2D eigenvalue weighted by Gasteiger charge is 2.04. The lowest BCUT2D eigenvalue weighted by molar-refractivity contribution is -0.121. The first-order valence-electron chi connectivity index (χ1n) is 8.67. The van der Waals surface area contributed by atoms with Crippen molar-refractivity contribution >= 4 is 16.0 Å². The van der Waals surface area contributed by atoms with Crippen LogP contribution < -0.4 is 5.32 Å². The van der Waals surface area contributed by atoms with Crippen LogP contribution >= 0.6 is 0 Å². The average molecular weight is 336 g/mol. The first-order valence-corrected chi connectivity index (χ1v) is 10.3. The van der Waals surface area contributed by atoms with Gasteiger partial charge >= 0.3 is 0 Å². The molecule has 1 amide bonds. The number of carbonyl (C=O) groups excluding carboxylic acids is 1. The van der Waals surface area contributed by atoms with E-state index in [-0.39, 0.29) is 11.7 Å². The molecular weight excluding hydrogens is 302 g/mol. The Kier molecular flexibility index (Phi) is 13.6. The summed E-state index contributed by atoms with van der Waals surface area (Å²) in [6.45, 7) is 2.70. The van der Waals surface area contributed by atoms with E-state index >= 15 is 0 Å². The quantitative estimate of drug-likeness (QED) is 0.353. The van der Waals surface area contributed by atoms with Crippen LogP contribution in [-0.2, 0) is 14.9 Å². The van der Waals surface area contributed by atoms with Gasteiger partial charge in [0.1, 0.15) is 0 Å². The lowest BCUT2D eigenvalue weighted by Crippen LogP contribution is -2.24. The second-order valence-electron chi connectivity index (χ2n) is 5.92. The van der Waals surface area contributed by atoms with Gasteiger partial charge in [-0.1, -0.05) is 58.3 Å². The monoisotopic (exact) mass is 335 g/mol. The van der Waals surface area contributed by atoms with Gasteiger partial charge in [-0.2, -0.15) is 8.42 Å². The molecule has 0 fully saturated rings. The van der Waals surface area contributed by atoms with Crippen molar-refractivity contribution < 1.29 is 17.8 Å². The summed E-state index contributed by atoms with van der Waals surface area (Å²) in [6.07, 6.45) is 12.6. The molecule has 0 aliphatic heterocycles. The average Bonchev–Trinajstić information content (AvgIpc) is 2.44. The Morgan fingerprint density at radius 2 is 1.41 bits per heavy atom. The second kappa shape index (κ2) is 14.0. The first-order chi connectivity index (χ1) is 10.5. The van der Waals surface area contributed by atoms with Crippen molar-refractivity contribution in [1.82, 2.24) is 5.32 Å². The molecule has 0 spiro atoms. The topological polar surface area (TPSA) is 83.5 Å². The third-order valence-corrected chi connectivity index (χ3v) is 4.46. The van der Waals surface area contributed by atoms with Crippen LogP contribution in [0.25, 0.3) is 0 Å². The summed E-state index contributed by atoms with van der Waals surface area (Å²) in [6, 6.07) is 0. The Bertz CT molecular complexity index is 368. The van der Waals surface area contributed by atoms with Gasteiger partial charge in [-0.3, -0.25) is 9.35 Å². The molecular formula is C16H33NO4S. The summed E-state index contributed by atoms with van der Waals surface area (Å²) in [5.74, 6) is -0.198. The molecule has 6 heteroatoms. The van der Waals surface area contributed by atoms with E-state index in [1.165, 1.54) is 44.9 Å². The molecule has 0 saturated carbocycles. The maximum Gasteiger partial charge on any atom is 0.264 e. The van der Waals surface area contributed by atoms with Gasteiger partial charge in [0.2, 0.25) is 5.91 Å². The Labute approximate surface area is 136 Å². The Morgan fingerprint density at radius 3 is 1.95 bits per heavy atom. The molecule has 0 radical (unpaired) electrons. The van der Waals surface area contributed by atoms with Gasteiger partial charge < -0.3 is 5.32 Å². The molecule has 2 N–H and O–H groups in total. The third-order valence-electron chi connectivity index (χ3n) is 3.66. The lowest BCUT2D eigenvalue weighted by Gasteiger charge is -2.05. The highest BCUT2D eigenvalue weighted by Crippen LogP contribution is 2.10. The molecule has 132 valence electrons. The fourth-order valence-corrected chi connectivity index (χ4v) is 2.89. The molecule has 0 atom stereocenters. The number of amides is 1. The molecule has 0 bridgehead atoms. The van der Waals surface area contributed by atoms with Gasteiger partial charge in [0.05, 0.1) is 5.75 Å². The standard InChI is InChI=1S/C16H33NO4S/c1-2-3-4-5-6-7-8-9-10-13-16(18)17-14-11-12-15-22(19,20)21/h2-15H2,1H3,(H,17,18)(H,19,20,21). The fraction of sp³-hybridized carbons (Fsp3) is 0.938. The summed E-state index contributed by atoms with van der Waals surface area (Å²) in [5, 5.41) is 2.78. The highest BCUT2D eigenvalue weighted by molar-refractivity contribution is 7.85. The zero-order valence-corrected chi connectivity index (χ0v) is 14.8. The third kappa shape index (κ3) is 17.4. The van der Waals surface area contributed by atoms with Crippen LogP contribution in [0.15, 0.2) is 0 Å². The van der Waals surface area contributed by atoms with Crippen molar-refractivity contribution in [2.24, 2.45) is 0 Å². The molecule has 0 aromatic carbocycles. The lowest BCUT2D eigenvalue weighted by atomic mass is 10.1. The molecule has 0 rings (SSSR count). The van der Waals surface area contributed by atoms with Gasteiger partial charge in [0.25, 0.3) is 10.1 Å². The molecule has 0 aliphatic carbocycles. The van der Waals surface area contributed by atoms with E-state index in [2.05, 4.69) is 12.2 Å². The minimum atomic E-state index is -3.87. The van der Waals surface area contributed by atoms with E-state index < -0.39 is 10.1 Å². The van der Waals surface area contributed by atoms with E-state index in [0.717, 1.165) is 12.8 Å². The van der Waals surface area contributed by atoms with Crippen molar-refractivity contribution in [3.63, 3.8) is 0 Å². The molecule has 5 nitrogen and oxygen atoms in total. The van der Waals surface area contributed by atoms with E-state index in [4.69, 9.17) is 4.55 Å². The Morgan fingerprint density at radius 1 is 0.864 bits per heavy atom. The normalized spacial score (nSPS) is 11.5. The van der Waals surface area contributed by atoms with Crippen LogP contribution in [-0.4, -0.2) is 31.2 Å². The number of rotatable bonds is 15. The molecule has 0 unspecified atom stereocenters. The maximum absolute atomic E-state index is 11.5. The largest absolute Gasteiger partial charge is 0.356 e. The van der Waals surface area contributed by atoms with E-state index in [1.807, 2.05) is 0 Å². The number of carbonyl (C=O) groups is 1. The van der Waals surface area contributed by atoms with Crippen molar-refractivity contribution in [3.8, 4) is 0 Å². The summed E-state index contributed by atoms with van der Waals surface area (Å²) in [4.78, 5) is 11.5. The van der Waals surface area contributed by atoms with Crippen LogP contribution in [0.2, 0.25) is 0 Å². The summed E-state index contributed by atoms with van der Waals surface area (Å²) in [5.41, 5.74) is 0. The predicted molar refractivity (Wildman–Crippen MR) is 90.5 cm³/mol. The van der Waals surface area contributed by atoms with E-state index in [0.29, 0.717) is 25.8 Å². The highest BCUT2D eigenvalue weighted by atomic mass is 32.2. The number of hydrogen-bond acceptors (Lipinski definition) is 3. The number of hydrogen-bond donors (Lipinski definition) is 2. The van der Waals surface area contributed by atoms with Crippen LogP contribution in [0.5, 0.6) is 0 Å². The number of nitrogens with one attached hydrogen (secondary N) is 1. The Balaban J connectivity index is 3.26. The van der Waals surface area contributed by atoms with Crippen molar-refractivity contribution in [2.75, 3.05) is 12.3 Å². The SMILES string of the molecule is CCCCCCCCCCCC(=O)NCCCCS(=O)(=O)O. The molecule has 0 aromatic rings. The molecule has 0 aromatic heterocycles. The van der Waals surface area contributed by atoms with Gasteiger partial charge in [-0.15, -0.1) is 0 Å².